The van der Waals surface area contributed by atoms with Crippen molar-refractivity contribution in [3.05, 3.63) is 33.9 Å². The highest BCUT2D eigenvalue weighted by Gasteiger charge is 2.23. The first-order valence-electron chi connectivity index (χ1n) is 5.90. The Balaban J connectivity index is 2.81. The number of halogens is 2. The van der Waals surface area contributed by atoms with Crippen LogP contribution in [0.5, 0.6) is 5.75 Å². The minimum Gasteiger partial charge on any atom is -0.482 e. The summed E-state index contributed by atoms with van der Waals surface area (Å²) < 4.78 is 31.3. The maximum absolute atomic E-state index is 13.4. The van der Waals surface area contributed by atoms with Crippen molar-refractivity contribution in [1.29, 1.82) is 0 Å². The molecule has 0 radical (unpaired) electrons. The molecular weight excluding hydrogens is 260 g/mol. The maximum Gasteiger partial charge on any atom is 0.314 e. The molecule has 1 N–H and O–H groups in total. The molecule has 19 heavy (non-hydrogen) atoms. The molecular formula is C12H15F2NO4. The summed E-state index contributed by atoms with van der Waals surface area (Å²) >= 11 is 0. The predicted molar refractivity (Wildman–Crippen MR) is 64.0 cm³/mol. The third-order valence-corrected chi connectivity index (χ3v) is 2.54. The highest BCUT2D eigenvalue weighted by molar-refractivity contribution is 5.47. The summed E-state index contributed by atoms with van der Waals surface area (Å²) in [6.45, 7) is 1.62. The van der Waals surface area contributed by atoms with Crippen molar-refractivity contribution in [1.82, 2.24) is 0 Å². The van der Waals surface area contributed by atoms with Crippen molar-refractivity contribution >= 4 is 5.69 Å². The molecule has 1 aromatic carbocycles. The third kappa shape index (κ3) is 4.13. The van der Waals surface area contributed by atoms with E-state index < -0.39 is 34.1 Å². The fraction of sp³-hybridized carbons (Fsp3) is 0.500. The Morgan fingerprint density at radius 1 is 1.47 bits per heavy atom. The zero-order valence-corrected chi connectivity index (χ0v) is 10.4. The number of nitro groups is 1. The van der Waals surface area contributed by atoms with E-state index in [9.17, 15) is 24.0 Å². The summed E-state index contributed by atoms with van der Waals surface area (Å²) in [4.78, 5) is 9.81. The lowest BCUT2D eigenvalue weighted by molar-refractivity contribution is -0.386. The molecule has 1 unspecified atom stereocenters. The molecule has 0 aromatic heterocycles. The highest BCUT2D eigenvalue weighted by Crippen LogP contribution is 2.31. The molecule has 7 heteroatoms. The van der Waals surface area contributed by atoms with Crippen molar-refractivity contribution in [3.63, 3.8) is 0 Å². The van der Waals surface area contributed by atoms with Crippen LogP contribution in [0.3, 0.4) is 0 Å². The Morgan fingerprint density at radius 2 is 2.16 bits per heavy atom. The van der Waals surface area contributed by atoms with Gasteiger partial charge in [0.25, 0.3) is 0 Å². The first-order valence-corrected chi connectivity index (χ1v) is 5.90. The second-order valence-electron chi connectivity index (χ2n) is 4.07. The van der Waals surface area contributed by atoms with Gasteiger partial charge in [-0.05, 0) is 12.5 Å². The van der Waals surface area contributed by atoms with Crippen LogP contribution in [0.4, 0.5) is 14.5 Å². The van der Waals surface area contributed by atoms with Crippen molar-refractivity contribution in [2.24, 2.45) is 0 Å². The number of hydrogen-bond acceptors (Lipinski definition) is 4. The van der Waals surface area contributed by atoms with Crippen LogP contribution < -0.4 is 4.74 Å². The maximum atomic E-state index is 13.4. The number of nitrogens with zero attached hydrogens (tertiary/aromatic N) is 1. The van der Waals surface area contributed by atoms with Gasteiger partial charge in [0.2, 0.25) is 11.6 Å². The molecule has 0 aliphatic rings. The summed E-state index contributed by atoms with van der Waals surface area (Å²) in [5, 5.41) is 20.2. The number of ether oxygens (including phenoxy) is 1. The average molecular weight is 275 g/mol. The molecule has 0 aliphatic heterocycles. The molecule has 106 valence electrons. The Bertz CT molecular complexity index is 454. The standard InChI is InChI=1S/C12H15F2NO4/c1-2-3-4-8(16)7-19-12-10(15(17)18)6-5-9(13)11(12)14/h5-6,8,16H,2-4,7H2,1H3. The zero-order chi connectivity index (χ0) is 14.4. The predicted octanol–water partition coefficient (Wildman–Crippen LogP) is 2.80. The summed E-state index contributed by atoms with van der Waals surface area (Å²) in [5.74, 6) is -3.43. The average Bonchev–Trinajstić information content (AvgIpc) is 2.37. The molecule has 0 bridgehead atoms. The fourth-order valence-electron chi connectivity index (χ4n) is 1.51. The van der Waals surface area contributed by atoms with Gasteiger partial charge in [0.1, 0.15) is 6.61 Å². The van der Waals surface area contributed by atoms with E-state index in [4.69, 9.17) is 4.74 Å². The molecule has 0 saturated carbocycles. The molecule has 1 rings (SSSR count). The molecule has 0 heterocycles. The molecule has 0 fully saturated rings. The molecule has 1 atom stereocenters. The van der Waals surface area contributed by atoms with Crippen LogP contribution in [0, 0.1) is 21.7 Å². The monoisotopic (exact) mass is 275 g/mol. The molecule has 1 aromatic rings. The molecule has 5 nitrogen and oxygen atoms in total. The van der Waals surface area contributed by atoms with Gasteiger partial charge < -0.3 is 9.84 Å². The lowest BCUT2D eigenvalue weighted by atomic mass is 10.2. The number of unbranched alkanes of at least 4 members (excludes halogenated alkanes) is 1. The van der Waals surface area contributed by atoms with Crippen LogP contribution >= 0.6 is 0 Å². The topological polar surface area (TPSA) is 72.6 Å². The van der Waals surface area contributed by atoms with E-state index in [-0.39, 0.29) is 6.61 Å². The van der Waals surface area contributed by atoms with E-state index in [0.29, 0.717) is 12.5 Å². The number of nitro benzene ring substituents is 1. The summed E-state index contributed by atoms with van der Waals surface area (Å²) in [5.41, 5.74) is -0.665. The minimum absolute atomic E-state index is 0.318. The van der Waals surface area contributed by atoms with Gasteiger partial charge in [0, 0.05) is 6.07 Å². The number of aliphatic hydroxyl groups excluding tert-OH is 1. The summed E-state index contributed by atoms with van der Waals surface area (Å²) in [6.07, 6.45) is 1.17. The molecule has 0 amide bonds. The number of aliphatic hydroxyl groups is 1. The second kappa shape index (κ2) is 6.98. The van der Waals surface area contributed by atoms with Gasteiger partial charge in [-0.25, -0.2) is 4.39 Å². The Labute approximate surface area is 109 Å². The van der Waals surface area contributed by atoms with Crippen molar-refractivity contribution in [2.75, 3.05) is 6.61 Å². The van der Waals surface area contributed by atoms with Crippen LogP contribution in [0.25, 0.3) is 0 Å². The smallest absolute Gasteiger partial charge is 0.314 e. The van der Waals surface area contributed by atoms with Gasteiger partial charge >= 0.3 is 5.69 Å². The quantitative estimate of drug-likeness (QED) is 0.613. The van der Waals surface area contributed by atoms with Crippen molar-refractivity contribution in [2.45, 2.75) is 32.3 Å². The number of hydrogen-bond donors (Lipinski definition) is 1. The van der Waals surface area contributed by atoms with Crippen LogP contribution in [0.15, 0.2) is 12.1 Å². The highest BCUT2D eigenvalue weighted by atomic mass is 19.2. The SMILES string of the molecule is CCCCC(O)COc1c([N+](=O)[O-])ccc(F)c1F. The van der Waals surface area contributed by atoms with E-state index >= 15 is 0 Å². The Morgan fingerprint density at radius 3 is 2.74 bits per heavy atom. The summed E-state index contributed by atoms with van der Waals surface area (Å²) in [7, 11) is 0. The van der Waals surface area contributed by atoms with Crippen LogP contribution in [0.2, 0.25) is 0 Å². The molecule has 0 saturated heterocycles. The first-order chi connectivity index (χ1) is 8.97. The third-order valence-electron chi connectivity index (χ3n) is 2.54. The largest absolute Gasteiger partial charge is 0.482 e. The lowest BCUT2D eigenvalue weighted by Gasteiger charge is -2.12. The van der Waals surface area contributed by atoms with Gasteiger partial charge in [-0.15, -0.1) is 0 Å². The first kappa shape index (κ1) is 15.3. The molecule has 0 spiro atoms. The van der Waals surface area contributed by atoms with Gasteiger partial charge in [-0.1, -0.05) is 19.8 Å². The van der Waals surface area contributed by atoms with Gasteiger partial charge in [-0.3, -0.25) is 10.1 Å². The normalized spacial score (nSPS) is 12.2. The van der Waals surface area contributed by atoms with Crippen LogP contribution in [0.1, 0.15) is 26.2 Å². The second-order valence-corrected chi connectivity index (χ2v) is 4.07. The fourth-order valence-corrected chi connectivity index (χ4v) is 1.51. The van der Waals surface area contributed by atoms with Crippen LogP contribution in [-0.4, -0.2) is 22.7 Å². The van der Waals surface area contributed by atoms with Crippen molar-refractivity contribution < 1.29 is 23.5 Å². The van der Waals surface area contributed by atoms with E-state index in [0.717, 1.165) is 18.9 Å². The zero-order valence-electron chi connectivity index (χ0n) is 10.4. The van der Waals surface area contributed by atoms with E-state index in [2.05, 4.69) is 0 Å². The van der Waals surface area contributed by atoms with Gasteiger partial charge in [0.15, 0.2) is 5.82 Å². The van der Waals surface area contributed by atoms with Crippen molar-refractivity contribution in [3.8, 4) is 5.75 Å². The van der Waals surface area contributed by atoms with Gasteiger partial charge in [-0.2, -0.15) is 4.39 Å². The van der Waals surface area contributed by atoms with E-state index in [1.807, 2.05) is 6.92 Å². The van der Waals surface area contributed by atoms with Crippen LogP contribution in [-0.2, 0) is 0 Å². The van der Waals surface area contributed by atoms with Gasteiger partial charge in [0.05, 0.1) is 11.0 Å². The molecule has 0 aliphatic carbocycles. The van der Waals surface area contributed by atoms with E-state index in [1.54, 1.807) is 0 Å². The number of rotatable bonds is 7. The summed E-state index contributed by atoms with van der Waals surface area (Å²) in [6, 6.07) is 1.49. The van der Waals surface area contributed by atoms with E-state index in [1.165, 1.54) is 0 Å². The Kier molecular flexibility index (Phi) is 5.62. The lowest BCUT2D eigenvalue weighted by Crippen LogP contribution is -2.18. The minimum atomic E-state index is -1.42. The Hall–Kier alpha value is -1.76. The number of benzene rings is 1.